The van der Waals surface area contributed by atoms with Gasteiger partial charge in [-0.25, -0.2) is 4.98 Å². The molecule has 0 bridgehead atoms. The molecule has 0 aliphatic carbocycles. The van der Waals surface area contributed by atoms with E-state index < -0.39 is 0 Å². The average molecular weight is 341 g/mol. The topological polar surface area (TPSA) is 30.7 Å². The molecule has 0 atom stereocenters. The smallest absolute Gasteiger partial charge is 0.125 e. The average Bonchev–Trinajstić information content (AvgIpc) is 2.77. The molecule has 0 saturated carbocycles. The summed E-state index contributed by atoms with van der Waals surface area (Å²) in [5.74, 6) is 1.09. The van der Waals surface area contributed by atoms with Gasteiger partial charge in [-0.2, -0.15) is 0 Å². The molecule has 1 aromatic carbocycles. The summed E-state index contributed by atoms with van der Waals surface area (Å²) in [6, 6.07) is 9.51. The Morgan fingerprint density at radius 1 is 1.10 bits per heavy atom. The van der Waals surface area contributed by atoms with E-state index in [-0.39, 0.29) is 0 Å². The Balaban J connectivity index is 2.14. The van der Waals surface area contributed by atoms with Gasteiger partial charge in [0.1, 0.15) is 5.82 Å². The zero-order valence-electron chi connectivity index (χ0n) is 11.3. The van der Waals surface area contributed by atoms with E-state index in [1.807, 2.05) is 35.8 Å². The summed E-state index contributed by atoms with van der Waals surface area (Å²) in [7, 11) is 0. The van der Waals surface area contributed by atoms with Crippen LogP contribution in [0.3, 0.4) is 0 Å². The minimum Gasteiger partial charge on any atom is -0.321 e. The number of benzene rings is 1. The Morgan fingerprint density at radius 3 is 2.57 bits per heavy atom. The van der Waals surface area contributed by atoms with Crippen molar-refractivity contribution in [1.29, 1.82) is 0 Å². The van der Waals surface area contributed by atoms with Crippen LogP contribution in [0.25, 0.3) is 11.0 Å². The van der Waals surface area contributed by atoms with Crippen LogP contribution in [-0.4, -0.2) is 14.5 Å². The second-order valence-corrected chi connectivity index (χ2v) is 5.85. The molecule has 0 radical (unpaired) electrons. The van der Waals surface area contributed by atoms with Crippen molar-refractivity contribution in [2.24, 2.45) is 0 Å². The Bertz CT molecular complexity index is 811. The summed E-state index contributed by atoms with van der Waals surface area (Å²) in [6.07, 6.45) is 0. The Labute approximate surface area is 137 Å². The molecule has 0 aliphatic heterocycles. The zero-order valence-corrected chi connectivity index (χ0v) is 13.5. The number of pyridine rings is 1. The molecule has 108 valence electrons. The quantitative estimate of drug-likeness (QED) is 0.639. The molecule has 21 heavy (non-hydrogen) atoms. The first-order valence-electron chi connectivity index (χ1n) is 6.41. The maximum Gasteiger partial charge on any atom is 0.125 e. The van der Waals surface area contributed by atoms with Crippen molar-refractivity contribution in [3.05, 3.63) is 57.6 Å². The Morgan fingerprint density at radius 2 is 1.86 bits per heavy atom. The molecule has 3 rings (SSSR count). The molecule has 0 spiro atoms. The van der Waals surface area contributed by atoms with E-state index in [0.717, 1.165) is 28.2 Å². The van der Waals surface area contributed by atoms with Gasteiger partial charge in [-0.05, 0) is 31.2 Å². The first kappa shape index (κ1) is 14.6. The Hall–Kier alpha value is -1.29. The van der Waals surface area contributed by atoms with Crippen molar-refractivity contribution in [3.8, 4) is 0 Å². The van der Waals surface area contributed by atoms with Gasteiger partial charge in [0, 0.05) is 5.69 Å². The second-order valence-electron chi connectivity index (χ2n) is 4.77. The molecule has 2 heterocycles. The normalized spacial score (nSPS) is 11.2. The first-order valence-corrected chi connectivity index (χ1v) is 7.70. The maximum atomic E-state index is 6.12. The van der Waals surface area contributed by atoms with Crippen LogP contribution >= 0.6 is 34.8 Å². The van der Waals surface area contributed by atoms with E-state index in [1.165, 1.54) is 0 Å². The molecule has 6 heteroatoms. The number of fused-ring (bicyclic) bond motifs is 1. The summed E-state index contributed by atoms with van der Waals surface area (Å²) < 4.78 is 2.02. The van der Waals surface area contributed by atoms with Crippen molar-refractivity contribution in [2.75, 3.05) is 0 Å². The van der Waals surface area contributed by atoms with Gasteiger partial charge < -0.3 is 4.57 Å². The van der Waals surface area contributed by atoms with Crippen LogP contribution in [0.15, 0.2) is 30.3 Å². The lowest BCUT2D eigenvalue weighted by molar-refractivity contribution is 0.755. The number of aryl methyl sites for hydroxylation is 1. The lowest BCUT2D eigenvalue weighted by atomic mass is 10.3. The van der Waals surface area contributed by atoms with Crippen molar-refractivity contribution in [1.82, 2.24) is 14.5 Å². The third-order valence-electron chi connectivity index (χ3n) is 3.25. The van der Waals surface area contributed by atoms with Gasteiger partial charge in [0.25, 0.3) is 0 Å². The number of rotatable bonds is 3. The molecule has 0 N–H and O–H groups in total. The highest BCUT2D eigenvalue weighted by atomic mass is 35.5. The summed E-state index contributed by atoms with van der Waals surface area (Å²) in [5, 5.41) is 0.993. The fourth-order valence-corrected chi connectivity index (χ4v) is 2.82. The van der Waals surface area contributed by atoms with Crippen LogP contribution in [0.2, 0.25) is 10.0 Å². The predicted octanol–water partition coefficient (Wildman–Crippen LogP) is 4.83. The largest absolute Gasteiger partial charge is 0.321 e. The molecular weight excluding hydrogens is 329 g/mol. The van der Waals surface area contributed by atoms with Gasteiger partial charge >= 0.3 is 0 Å². The number of alkyl halides is 1. The van der Waals surface area contributed by atoms with Crippen LogP contribution in [0, 0.1) is 6.92 Å². The van der Waals surface area contributed by atoms with E-state index in [9.17, 15) is 0 Å². The minimum absolute atomic E-state index is 0.315. The third kappa shape index (κ3) is 2.86. The predicted molar refractivity (Wildman–Crippen MR) is 87.4 cm³/mol. The van der Waals surface area contributed by atoms with Crippen molar-refractivity contribution >= 4 is 45.8 Å². The molecule has 0 aliphatic rings. The fraction of sp³-hybridized carbons (Fsp3) is 0.200. The van der Waals surface area contributed by atoms with Gasteiger partial charge in [0.15, 0.2) is 0 Å². The van der Waals surface area contributed by atoms with E-state index in [2.05, 4.69) is 9.97 Å². The van der Waals surface area contributed by atoms with Gasteiger partial charge in [0.2, 0.25) is 0 Å². The number of halogens is 3. The van der Waals surface area contributed by atoms with Gasteiger partial charge in [-0.1, -0.05) is 29.3 Å². The molecule has 2 aromatic heterocycles. The lowest BCUT2D eigenvalue weighted by Gasteiger charge is -2.08. The SMILES string of the molecule is Cc1cccc(Cn2c(CCl)nc3cc(Cl)c(Cl)cc32)n1. The van der Waals surface area contributed by atoms with Gasteiger partial charge in [-0.3, -0.25) is 4.98 Å². The van der Waals surface area contributed by atoms with Crippen LogP contribution in [-0.2, 0) is 12.4 Å². The molecule has 0 unspecified atom stereocenters. The number of nitrogens with zero attached hydrogens (tertiary/aromatic N) is 3. The molecule has 0 saturated heterocycles. The van der Waals surface area contributed by atoms with Gasteiger partial charge in [0.05, 0.1) is 39.2 Å². The lowest BCUT2D eigenvalue weighted by Crippen LogP contribution is -2.05. The Kier molecular flexibility index (Phi) is 4.07. The number of hydrogen-bond donors (Lipinski definition) is 0. The summed E-state index contributed by atoms with van der Waals surface area (Å²) in [6.45, 7) is 2.56. The number of imidazole rings is 1. The van der Waals surface area contributed by atoms with Crippen LogP contribution in [0.5, 0.6) is 0 Å². The summed E-state index contributed by atoms with van der Waals surface area (Å²) >= 11 is 18.2. The third-order valence-corrected chi connectivity index (χ3v) is 4.22. The number of hydrogen-bond acceptors (Lipinski definition) is 2. The first-order chi connectivity index (χ1) is 10.1. The second kappa shape index (κ2) is 5.84. The number of aromatic nitrogens is 3. The van der Waals surface area contributed by atoms with E-state index >= 15 is 0 Å². The molecule has 0 amide bonds. The van der Waals surface area contributed by atoms with Crippen molar-refractivity contribution < 1.29 is 0 Å². The van der Waals surface area contributed by atoms with E-state index in [0.29, 0.717) is 22.5 Å². The van der Waals surface area contributed by atoms with Crippen molar-refractivity contribution in [3.63, 3.8) is 0 Å². The highest BCUT2D eigenvalue weighted by molar-refractivity contribution is 6.42. The molecule has 3 aromatic rings. The summed E-state index contributed by atoms with van der Waals surface area (Å²) in [5.41, 5.74) is 3.62. The van der Waals surface area contributed by atoms with Crippen molar-refractivity contribution in [2.45, 2.75) is 19.3 Å². The molecule has 0 fully saturated rings. The van der Waals surface area contributed by atoms with Crippen LogP contribution < -0.4 is 0 Å². The minimum atomic E-state index is 0.315. The fourth-order valence-electron chi connectivity index (χ4n) is 2.30. The monoisotopic (exact) mass is 339 g/mol. The molecular formula is C15H12Cl3N3. The molecule has 3 nitrogen and oxygen atoms in total. The van der Waals surface area contributed by atoms with Gasteiger partial charge in [-0.15, -0.1) is 11.6 Å². The van der Waals surface area contributed by atoms with Crippen LogP contribution in [0.4, 0.5) is 0 Å². The summed E-state index contributed by atoms with van der Waals surface area (Å²) in [4.78, 5) is 9.03. The highest BCUT2D eigenvalue weighted by Crippen LogP contribution is 2.29. The van der Waals surface area contributed by atoms with Crippen LogP contribution in [0.1, 0.15) is 17.2 Å². The highest BCUT2D eigenvalue weighted by Gasteiger charge is 2.13. The van der Waals surface area contributed by atoms with E-state index in [4.69, 9.17) is 34.8 Å². The standard InChI is InChI=1S/C15H12Cl3N3/c1-9-3-2-4-10(19-9)8-21-14-6-12(18)11(17)5-13(14)20-15(21)7-16/h2-6H,7-8H2,1H3. The zero-order chi connectivity index (χ0) is 15.0. The maximum absolute atomic E-state index is 6.12. The van der Waals surface area contributed by atoms with E-state index in [1.54, 1.807) is 6.07 Å².